The highest BCUT2D eigenvalue weighted by molar-refractivity contribution is 6.42. The van der Waals surface area contributed by atoms with Crippen LogP contribution in [-0.2, 0) is 0 Å². The summed E-state index contributed by atoms with van der Waals surface area (Å²) in [4.78, 5) is 33.8. The van der Waals surface area contributed by atoms with Gasteiger partial charge in [0, 0.05) is 12.7 Å². The summed E-state index contributed by atoms with van der Waals surface area (Å²) >= 11 is 11.9. The molecule has 0 bridgehead atoms. The molecule has 27 heavy (non-hydrogen) atoms. The number of aromatic amines is 1. The summed E-state index contributed by atoms with van der Waals surface area (Å²) < 4.78 is 0. The minimum absolute atomic E-state index is 0.229. The van der Waals surface area contributed by atoms with Crippen LogP contribution in [0.3, 0.4) is 0 Å². The molecule has 0 aliphatic heterocycles. The Morgan fingerprint density at radius 1 is 1.22 bits per heavy atom. The summed E-state index contributed by atoms with van der Waals surface area (Å²) in [6.45, 7) is 1.92. The molecular weight excluding hydrogens is 387 g/mol. The van der Waals surface area contributed by atoms with Crippen molar-refractivity contribution in [3.05, 3.63) is 68.7 Å². The standard InChI is InChI=1S/C19H18Cl2N4O2/c1-3-16(17-23-15-7-5-4-6-12(15)18(26)24-17)25(2)19(27)22-11-8-9-13(20)14(21)10-11/h4-10,16H,3H2,1-2H3,(H,22,27)(H,23,24,26). The van der Waals surface area contributed by atoms with Crippen LogP contribution in [0.2, 0.25) is 10.0 Å². The number of aromatic nitrogens is 2. The molecule has 0 saturated heterocycles. The second kappa shape index (κ2) is 7.98. The number of nitrogens with one attached hydrogen (secondary N) is 2. The number of hydrogen-bond donors (Lipinski definition) is 2. The topological polar surface area (TPSA) is 78.1 Å². The first-order valence-corrected chi connectivity index (χ1v) is 9.14. The second-order valence-corrected chi connectivity index (χ2v) is 6.88. The van der Waals surface area contributed by atoms with E-state index in [1.54, 1.807) is 43.4 Å². The summed E-state index contributed by atoms with van der Waals surface area (Å²) in [6, 6.07) is 11.2. The van der Waals surface area contributed by atoms with Gasteiger partial charge in [-0.25, -0.2) is 9.78 Å². The maximum absolute atomic E-state index is 12.6. The van der Waals surface area contributed by atoms with Crippen LogP contribution in [0.4, 0.5) is 10.5 Å². The highest BCUT2D eigenvalue weighted by atomic mass is 35.5. The van der Waals surface area contributed by atoms with E-state index in [1.807, 2.05) is 13.0 Å². The monoisotopic (exact) mass is 404 g/mol. The highest BCUT2D eigenvalue weighted by Crippen LogP contribution is 2.26. The van der Waals surface area contributed by atoms with Crippen LogP contribution in [-0.4, -0.2) is 27.9 Å². The van der Waals surface area contributed by atoms with Crippen molar-refractivity contribution in [2.75, 3.05) is 12.4 Å². The van der Waals surface area contributed by atoms with E-state index in [4.69, 9.17) is 23.2 Å². The number of carbonyl (C=O) groups is 1. The molecule has 3 rings (SSSR count). The SMILES string of the molecule is CCC(c1nc2ccccc2c(=O)[nH]1)N(C)C(=O)Nc1ccc(Cl)c(Cl)c1. The molecule has 1 aromatic heterocycles. The van der Waals surface area contributed by atoms with E-state index < -0.39 is 6.04 Å². The first kappa shape index (κ1) is 19.2. The molecule has 0 fully saturated rings. The molecule has 2 aromatic carbocycles. The number of benzene rings is 2. The second-order valence-electron chi connectivity index (χ2n) is 6.06. The number of hydrogen-bond acceptors (Lipinski definition) is 3. The maximum atomic E-state index is 12.6. The number of urea groups is 1. The molecule has 1 unspecified atom stereocenters. The molecule has 3 aromatic rings. The lowest BCUT2D eigenvalue weighted by atomic mass is 10.1. The van der Waals surface area contributed by atoms with Gasteiger partial charge in [0.05, 0.1) is 27.0 Å². The van der Waals surface area contributed by atoms with Crippen molar-refractivity contribution in [3.8, 4) is 0 Å². The Morgan fingerprint density at radius 2 is 1.96 bits per heavy atom. The number of rotatable bonds is 4. The number of H-pyrrole nitrogens is 1. The van der Waals surface area contributed by atoms with Crippen molar-refractivity contribution in [2.24, 2.45) is 0 Å². The zero-order chi connectivity index (χ0) is 19.6. The fourth-order valence-corrected chi connectivity index (χ4v) is 3.14. The minimum Gasteiger partial charge on any atom is -0.317 e. The van der Waals surface area contributed by atoms with Crippen molar-refractivity contribution >= 4 is 45.8 Å². The maximum Gasteiger partial charge on any atom is 0.322 e. The Bertz CT molecular complexity index is 1050. The molecule has 6 nitrogen and oxygen atoms in total. The smallest absolute Gasteiger partial charge is 0.317 e. The van der Waals surface area contributed by atoms with E-state index in [9.17, 15) is 9.59 Å². The van der Waals surface area contributed by atoms with Gasteiger partial charge in [0.15, 0.2) is 0 Å². The third-order valence-corrected chi connectivity index (χ3v) is 5.03. The van der Waals surface area contributed by atoms with Crippen molar-refractivity contribution in [1.29, 1.82) is 0 Å². The zero-order valence-corrected chi connectivity index (χ0v) is 16.3. The van der Waals surface area contributed by atoms with E-state index in [1.165, 1.54) is 4.90 Å². The highest BCUT2D eigenvalue weighted by Gasteiger charge is 2.23. The van der Waals surface area contributed by atoms with Crippen molar-refractivity contribution in [3.63, 3.8) is 0 Å². The summed E-state index contributed by atoms with van der Waals surface area (Å²) in [6.07, 6.45) is 0.576. The van der Waals surface area contributed by atoms with Gasteiger partial charge in [-0.15, -0.1) is 0 Å². The Labute approximate surface area is 166 Å². The van der Waals surface area contributed by atoms with Crippen LogP contribution in [0.5, 0.6) is 0 Å². The quantitative estimate of drug-likeness (QED) is 0.652. The largest absolute Gasteiger partial charge is 0.322 e. The zero-order valence-electron chi connectivity index (χ0n) is 14.8. The molecule has 0 aliphatic carbocycles. The predicted molar refractivity (Wildman–Crippen MR) is 109 cm³/mol. The van der Waals surface area contributed by atoms with Gasteiger partial charge >= 0.3 is 6.03 Å². The number of para-hydroxylation sites is 1. The number of nitrogens with zero attached hydrogens (tertiary/aromatic N) is 2. The lowest BCUT2D eigenvalue weighted by Gasteiger charge is -2.27. The van der Waals surface area contributed by atoms with E-state index >= 15 is 0 Å². The summed E-state index contributed by atoms with van der Waals surface area (Å²) in [5, 5.41) is 4.04. The molecule has 1 heterocycles. The van der Waals surface area contributed by atoms with E-state index in [0.29, 0.717) is 38.9 Å². The van der Waals surface area contributed by atoms with Gasteiger partial charge in [0.2, 0.25) is 0 Å². The molecule has 1 atom stereocenters. The molecule has 2 amide bonds. The van der Waals surface area contributed by atoms with Crippen LogP contribution >= 0.6 is 23.2 Å². The van der Waals surface area contributed by atoms with Gasteiger partial charge in [-0.3, -0.25) is 4.79 Å². The molecule has 0 saturated carbocycles. The number of anilines is 1. The Kier molecular flexibility index (Phi) is 5.68. The Morgan fingerprint density at radius 3 is 2.67 bits per heavy atom. The van der Waals surface area contributed by atoms with E-state index in [0.717, 1.165) is 0 Å². The van der Waals surface area contributed by atoms with Crippen LogP contribution in [0.1, 0.15) is 25.2 Å². The van der Waals surface area contributed by atoms with Crippen molar-refractivity contribution < 1.29 is 4.79 Å². The Hall–Kier alpha value is -2.57. The number of amides is 2. The first-order valence-electron chi connectivity index (χ1n) is 8.38. The third kappa shape index (κ3) is 4.07. The van der Waals surface area contributed by atoms with E-state index in [2.05, 4.69) is 15.3 Å². The van der Waals surface area contributed by atoms with Crippen molar-refractivity contribution in [2.45, 2.75) is 19.4 Å². The van der Waals surface area contributed by atoms with Gasteiger partial charge in [-0.05, 0) is 36.8 Å². The fourth-order valence-electron chi connectivity index (χ4n) is 2.84. The Balaban J connectivity index is 1.87. The normalized spacial score (nSPS) is 12.0. The summed E-state index contributed by atoms with van der Waals surface area (Å²) in [7, 11) is 1.65. The lowest BCUT2D eigenvalue weighted by Crippen LogP contribution is -2.36. The molecule has 140 valence electrons. The van der Waals surface area contributed by atoms with Gasteiger partial charge in [0.25, 0.3) is 5.56 Å². The molecule has 0 spiro atoms. The van der Waals surface area contributed by atoms with Crippen LogP contribution in [0.15, 0.2) is 47.3 Å². The first-order chi connectivity index (χ1) is 12.9. The van der Waals surface area contributed by atoms with Gasteiger partial charge in [-0.2, -0.15) is 0 Å². The number of carbonyl (C=O) groups excluding carboxylic acids is 1. The summed E-state index contributed by atoms with van der Waals surface area (Å²) in [5.41, 5.74) is 0.886. The molecule has 0 radical (unpaired) electrons. The fraction of sp³-hybridized carbons (Fsp3) is 0.211. The van der Waals surface area contributed by atoms with Crippen LogP contribution in [0, 0.1) is 0 Å². The molecule has 8 heteroatoms. The van der Waals surface area contributed by atoms with Crippen molar-refractivity contribution in [1.82, 2.24) is 14.9 Å². The third-order valence-electron chi connectivity index (χ3n) is 4.29. The summed E-state index contributed by atoms with van der Waals surface area (Å²) in [5.74, 6) is 0.438. The molecular formula is C19H18Cl2N4O2. The number of halogens is 2. The van der Waals surface area contributed by atoms with E-state index in [-0.39, 0.29) is 11.6 Å². The lowest BCUT2D eigenvalue weighted by molar-refractivity contribution is 0.200. The number of fused-ring (bicyclic) bond motifs is 1. The average molecular weight is 405 g/mol. The average Bonchev–Trinajstić information content (AvgIpc) is 2.65. The molecule has 0 aliphatic rings. The van der Waals surface area contributed by atoms with Gasteiger partial charge in [0.1, 0.15) is 5.82 Å². The van der Waals surface area contributed by atoms with Gasteiger partial charge < -0.3 is 15.2 Å². The van der Waals surface area contributed by atoms with Crippen LogP contribution < -0.4 is 10.9 Å². The predicted octanol–water partition coefficient (Wildman–Crippen LogP) is 4.84. The van der Waals surface area contributed by atoms with Crippen LogP contribution in [0.25, 0.3) is 10.9 Å². The minimum atomic E-state index is -0.398. The molecule has 2 N–H and O–H groups in total. The van der Waals surface area contributed by atoms with Gasteiger partial charge in [-0.1, -0.05) is 42.3 Å².